The molecule has 1 aromatic carbocycles. The molecule has 1 aliphatic rings. The molecule has 0 bridgehead atoms. The van der Waals surface area contributed by atoms with Crippen molar-refractivity contribution in [2.45, 2.75) is 64.9 Å². The van der Waals surface area contributed by atoms with E-state index in [0.717, 1.165) is 12.0 Å². The van der Waals surface area contributed by atoms with Crippen molar-refractivity contribution in [1.29, 1.82) is 0 Å². The van der Waals surface area contributed by atoms with E-state index in [9.17, 15) is 9.50 Å². The maximum atomic E-state index is 13.6. The Balaban J connectivity index is 2.04. The number of halogens is 1. The fourth-order valence-corrected chi connectivity index (χ4v) is 3.22. The lowest BCUT2D eigenvalue weighted by Gasteiger charge is -2.19. The van der Waals surface area contributed by atoms with Crippen molar-refractivity contribution in [3.05, 3.63) is 34.6 Å². The topological polar surface area (TPSA) is 20.2 Å². The summed E-state index contributed by atoms with van der Waals surface area (Å²) in [4.78, 5) is 0. The van der Waals surface area contributed by atoms with Crippen molar-refractivity contribution >= 4 is 0 Å². The maximum absolute atomic E-state index is 13.6. The van der Waals surface area contributed by atoms with Gasteiger partial charge in [-0.25, -0.2) is 4.39 Å². The Morgan fingerprint density at radius 3 is 2.16 bits per heavy atom. The molecule has 0 radical (unpaired) electrons. The smallest absolute Gasteiger partial charge is 0.129 e. The molecular weight excluding hydrogens is 239 g/mol. The predicted octanol–water partition coefficient (Wildman–Crippen LogP) is 4.84. The van der Waals surface area contributed by atoms with Gasteiger partial charge in [0.25, 0.3) is 0 Å². The number of hydrogen-bond acceptors (Lipinski definition) is 1. The van der Waals surface area contributed by atoms with Crippen LogP contribution in [0.4, 0.5) is 4.39 Å². The SMILES string of the molecule is Cc1cc(C(O)CC2CCCCCC2)cc(C)c1F. The highest BCUT2D eigenvalue weighted by molar-refractivity contribution is 5.31. The van der Waals surface area contributed by atoms with E-state index >= 15 is 0 Å². The van der Waals surface area contributed by atoms with E-state index in [1.54, 1.807) is 26.0 Å². The molecule has 0 heterocycles. The van der Waals surface area contributed by atoms with Gasteiger partial charge in [0.1, 0.15) is 5.82 Å². The van der Waals surface area contributed by atoms with E-state index in [2.05, 4.69) is 0 Å². The lowest BCUT2D eigenvalue weighted by molar-refractivity contribution is 0.139. The van der Waals surface area contributed by atoms with Crippen LogP contribution in [-0.2, 0) is 0 Å². The molecule has 1 aromatic rings. The number of benzene rings is 1. The molecule has 1 aliphatic carbocycles. The van der Waals surface area contributed by atoms with E-state index in [1.807, 2.05) is 0 Å². The predicted molar refractivity (Wildman–Crippen MR) is 76.6 cm³/mol. The standard InChI is InChI=1S/C17H25FO/c1-12-9-15(10-13(2)17(12)18)16(19)11-14-7-5-3-4-6-8-14/h9-10,14,16,19H,3-8,11H2,1-2H3. The summed E-state index contributed by atoms with van der Waals surface area (Å²) >= 11 is 0. The van der Waals surface area contributed by atoms with Crippen LogP contribution >= 0.6 is 0 Å². The van der Waals surface area contributed by atoms with Gasteiger partial charge in [-0.1, -0.05) is 50.7 Å². The zero-order valence-electron chi connectivity index (χ0n) is 12.1. The average Bonchev–Trinajstić information content (AvgIpc) is 2.64. The zero-order chi connectivity index (χ0) is 13.8. The van der Waals surface area contributed by atoms with Crippen LogP contribution in [0.15, 0.2) is 12.1 Å². The molecule has 1 atom stereocenters. The van der Waals surface area contributed by atoms with E-state index in [4.69, 9.17) is 0 Å². The highest BCUT2D eigenvalue weighted by Crippen LogP contribution is 2.32. The van der Waals surface area contributed by atoms with Gasteiger partial charge < -0.3 is 5.11 Å². The third kappa shape index (κ3) is 3.79. The quantitative estimate of drug-likeness (QED) is 0.775. The van der Waals surface area contributed by atoms with Crippen LogP contribution in [0.5, 0.6) is 0 Å². The van der Waals surface area contributed by atoms with Gasteiger partial charge >= 0.3 is 0 Å². The summed E-state index contributed by atoms with van der Waals surface area (Å²) in [5, 5.41) is 10.4. The van der Waals surface area contributed by atoms with Crippen molar-refractivity contribution in [2.75, 3.05) is 0 Å². The molecule has 1 N–H and O–H groups in total. The number of rotatable bonds is 3. The minimum absolute atomic E-state index is 0.148. The first-order valence-electron chi connectivity index (χ1n) is 7.52. The Hall–Kier alpha value is -0.890. The number of aryl methyl sites for hydroxylation is 2. The van der Waals surface area contributed by atoms with Crippen LogP contribution in [0, 0.1) is 25.6 Å². The summed E-state index contributed by atoms with van der Waals surface area (Å²) < 4.78 is 13.6. The molecule has 0 saturated heterocycles. The normalized spacial score (nSPS) is 19.2. The van der Waals surface area contributed by atoms with Crippen LogP contribution < -0.4 is 0 Å². The van der Waals surface area contributed by atoms with Crippen molar-refractivity contribution in [3.63, 3.8) is 0 Å². The summed E-state index contributed by atoms with van der Waals surface area (Å²) in [5.74, 6) is 0.480. The van der Waals surface area contributed by atoms with Gasteiger partial charge in [0.05, 0.1) is 6.10 Å². The summed E-state index contributed by atoms with van der Waals surface area (Å²) in [7, 11) is 0. The van der Waals surface area contributed by atoms with Crippen LogP contribution in [0.2, 0.25) is 0 Å². The average molecular weight is 264 g/mol. The van der Waals surface area contributed by atoms with Gasteiger partial charge in [-0.2, -0.15) is 0 Å². The molecule has 1 nitrogen and oxygen atoms in total. The highest BCUT2D eigenvalue weighted by Gasteiger charge is 2.18. The largest absolute Gasteiger partial charge is 0.388 e. The first-order valence-corrected chi connectivity index (χ1v) is 7.52. The minimum Gasteiger partial charge on any atom is -0.388 e. The van der Waals surface area contributed by atoms with Gasteiger partial charge in [-0.3, -0.25) is 0 Å². The van der Waals surface area contributed by atoms with Gasteiger partial charge in [0.2, 0.25) is 0 Å². The Morgan fingerprint density at radius 2 is 1.63 bits per heavy atom. The van der Waals surface area contributed by atoms with Crippen LogP contribution in [0.3, 0.4) is 0 Å². The molecular formula is C17H25FO. The Bertz CT molecular complexity index is 396. The Labute approximate surface area is 115 Å². The van der Waals surface area contributed by atoms with Crippen LogP contribution in [0.25, 0.3) is 0 Å². The molecule has 19 heavy (non-hydrogen) atoms. The second-order valence-electron chi connectivity index (χ2n) is 6.08. The van der Waals surface area contributed by atoms with Crippen LogP contribution in [-0.4, -0.2) is 5.11 Å². The third-order valence-corrected chi connectivity index (χ3v) is 4.37. The summed E-state index contributed by atoms with van der Waals surface area (Å²) in [6, 6.07) is 3.59. The Morgan fingerprint density at radius 1 is 1.11 bits per heavy atom. The Kier molecular flexibility index (Phi) is 4.98. The first kappa shape index (κ1) is 14.5. The second-order valence-corrected chi connectivity index (χ2v) is 6.08. The second kappa shape index (κ2) is 6.51. The highest BCUT2D eigenvalue weighted by atomic mass is 19.1. The molecule has 1 saturated carbocycles. The molecule has 0 aliphatic heterocycles. The molecule has 0 aromatic heterocycles. The van der Waals surface area contributed by atoms with Crippen molar-refractivity contribution in [1.82, 2.24) is 0 Å². The molecule has 106 valence electrons. The zero-order valence-corrected chi connectivity index (χ0v) is 12.1. The van der Waals surface area contributed by atoms with E-state index < -0.39 is 6.10 Å². The summed E-state index contributed by atoms with van der Waals surface area (Å²) in [5.41, 5.74) is 2.14. The first-order chi connectivity index (χ1) is 9.08. The van der Waals surface area contributed by atoms with Gasteiger partial charge in [0.15, 0.2) is 0 Å². The maximum Gasteiger partial charge on any atom is 0.129 e. The van der Waals surface area contributed by atoms with E-state index in [-0.39, 0.29) is 5.82 Å². The molecule has 0 amide bonds. The molecule has 0 spiro atoms. The van der Waals surface area contributed by atoms with Gasteiger partial charge in [0, 0.05) is 0 Å². The number of hydrogen-bond donors (Lipinski definition) is 1. The monoisotopic (exact) mass is 264 g/mol. The van der Waals surface area contributed by atoms with Crippen molar-refractivity contribution in [3.8, 4) is 0 Å². The number of aliphatic hydroxyl groups is 1. The van der Waals surface area contributed by atoms with E-state index in [0.29, 0.717) is 17.0 Å². The molecule has 1 fully saturated rings. The number of aliphatic hydroxyl groups excluding tert-OH is 1. The van der Waals surface area contributed by atoms with Gasteiger partial charge in [-0.05, 0) is 42.9 Å². The van der Waals surface area contributed by atoms with Crippen LogP contribution in [0.1, 0.15) is 67.7 Å². The van der Waals surface area contributed by atoms with E-state index in [1.165, 1.54) is 38.5 Å². The third-order valence-electron chi connectivity index (χ3n) is 4.37. The van der Waals surface area contributed by atoms with Crippen molar-refractivity contribution < 1.29 is 9.50 Å². The minimum atomic E-state index is -0.443. The molecule has 1 unspecified atom stereocenters. The lowest BCUT2D eigenvalue weighted by Crippen LogP contribution is -2.08. The van der Waals surface area contributed by atoms with Crippen molar-refractivity contribution in [2.24, 2.45) is 5.92 Å². The molecule has 2 rings (SSSR count). The fraction of sp³-hybridized carbons (Fsp3) is 0.647. The van der Waals surface area contributed by atoms with Gasteiger partial charge in [-0.15, -0.1) is 0 Å². The lowest BCUT2D eigenvalue weighted by atomic mass is 9.90. The molecule has 2 heteroatoms. The summed E-state index contributed by atoms with van der Waals surface area (Å²) in [6.45, 7) is 3.54. The summed E-state index contributed by atoms with van der Waals surface area (Å²) in [6.07, 6.45) is 8.10. The fourth-order valence-electron chi connectivity index (χ4n) is 3.22.